The maximum Gasteiger partial charge on any atom is 0.305 e. The fraction of sp³-hybridized carbons (Fsp3) is 0.615. The van der Waals surface area contributed by atoms with E-state index in [9.17, 15) is 9.59 Å². The molecule has 1 unspecified atom stereocenters. The van der Waals surface area contributed by atoms with Gasteiger partial charge in [0.25, 0.3) is 0 Å². The molecule has 1 rings (SSSR count). The first-order chi connectivity index (χ1) is 9.36. The van der Waals surface area contributed by atoms with Gasteiger partial charge in [-0.25, -0.2) is 0 Å². The fourth-order valence-corrected chi connectivity index (χ4v) is 2.07. The van der Waals surface area contributed by atoms with E-state index in [2.05, 4.69) is 10.4 Å². The zero-order valence-corrected chi connectivity index (χ0v) is 12.0. The van der Waals surface area contributed by atoms with Gasteiger partial charge in [0.2, 0.25) is 5.91 Å². The second-order valence-electron chi connectivity index (χ2n) is 5.06. The lowest BCUT2D eigenvalue weighted by Gasteiger charge is -2.28. The molecule has 0 aliphatic heterocycles. The second kappa shape index (κ2) is 7.04. The summed E-state index contributed by atoms with van der Waals surface area (Å²) in [6.45, 7) is 1.81. The van der Waals surface area contributed by atoms with Crippen LogP contribution in [0, 0.1) is 0 Å². The largest absolute Gasteiger partial charge is 0.481 e. The summed E-state index contributed by atoms with van der Waals surface area (Å²) in [7, 11) is 3.29. The zero-order valence-electron chi connectivity index (χ0n) is 12.0. The molecule has 0 aromatic carbocycles. The maximum absolute atomic E-state index is 11.9. The molecule has 1 atom stereocenters. The zero-order chi connectivity index (χ0) is 15.2. The lowest BCUT2D eigenvalue weighted by molar-refractivity contribution is -0.139. The predicted molar refractivity (Wildman–Crippen MR) is 72.2 cm³/mol. The highest BCUT2D eigenvalue weighted by Crippen LogP contribution is 2.11. The molecule has 1 amide bonds. The molecule has 20 heavy (non-hydrogen) atoms. The summed E-state index contributed by atoms with van der Waals surface area (Å²) in [6.07, 6.45) is 2.32. The van der Waals surface area contributed by atoms with Crippen LogP contribution >= 0.6 is 0 Å². The van der Waals surface area contributed by atoms with Crippen LogP contribution in [0.1, 0.15) is 25.5 Å². The highest BCUT2D eigenvalue weighted by atomic mass is 16.5. The fourth-order valence-electron chi connectivity index (χ4n) is 2.07. The Morgan fingerprint density at radius 3 is 2.75 bits per heavy atom. The van der Waals surface area contributed by atoms with Crippen molar-refractivity contribution in [1.82, 2.24) is 15.1 Å². The average Bonchev–Trinajstić information content (AvgIpc) is 2.71. The molecule has 1 aromatic rings. The van der Waals surface area contributed by atoms with Gasteiger partial charge in [-0.2, -0.15) is 5.10 Å². The van der Waals surface area contributed by atoms with Crippen molar-refractivity contribution < 1.29 is 19.4 Å². The number of carboxylic acids is 1. The summed E-state index contributed by atoms with van der Waals surface area (Å²) in [4.78, 5) is 22.8. The predicted octanol–water partition coefficient (Wildman–Crippen LogP) is 0.349. The highest BCUT2D eigenvalue weighted by Gasteiger charge is 2.29. The molecule has 0 aliphatic carbocycles. The molecule has 1 heterocycles. The molecule has 0 saturated carbocycles. The molecule has 7 nitrogen and oxygen atoms in total. The first-order valence-corrected chi connectivity index (χ1v) is 6.35. The van der Waals surface area contributed by atoms with Gasteiger partial charge in [-0.1, -0.05) is 0 Å². The molecule has 0 bridgehead atoms. The summed E-state index contributed by atoms with van der Waals surface area (Å²) < 4.78 is 6.69. The first kappa shape index (κ1) is 16.2. The van der Waals surface area contributed by atoms with E-state index in [4.69, 9.17) is 9.84 Å². The Morgan fingerprint density at radius 2 is 2.25 bits per heavy atom. The number of aromatic nitrogens is 2. The number of hydrogen-bond acceptors (Lipinski definition) is 4. The van der Waals surface area contributed by atoms with Crippen molar-refractivity contribution in [3.05, 3.63) is 18.0 Å². The van der Waals surface area contributed by atoms with Crippen molar-refractivity contribution >= 4 is 11.9 Å². The number of rotatable bonds is 8. The Kier molecular flexibility index (Phi) is 5.69. The van der Waals surface area contributed by atoms with E-state index in [1.54, 1.807) is 17.8 Å². The number of carbonyl (C=O) groups excluding carboxylic acids is 1. The highest BCUT2D eigenvalue weighted by molar-refractivity contribution is 5.78. The third-order valence-electron chi connectivity index (χ3n) is 2.98. The van der Waals surface area contributed by atoms with E-state index in [0.29, 0.717) is 6.42 Å². The van der Waals surface area contributed by atoms with Gasteiger partial charge in [-0.15, -0.1) is 0 Å². The molecule has 0 aliphatic rings. The summed E-state index contributed by atoms with van der Waals surface area (Å²) in [6, 6.07) is 1.85. The third kappa shape index (κ3) is 5.00. The Bertz CT molecular complexity index is 472. The van der Waals surface area contributed by atoms with E-state index in [-0.39, 0.29) is 25.4 Å². The Morgan fingerprint density at radius 1 is 1.55 bits per heavy atom. The minimum Gasteiger partial charge on any atom is -0.481 e. The van der Waals surface area contributed by atoms with Gasteiger partial charge in [-0.05, 0) is 19.4 Å². The van der Waals surface area contributed by atoms with Gasteiger partial charge in [0.1, 0.15) is 0 Å². The monoisotopic (exact) mass is 283 g/mol. The molecule has 112 valence electrons. The molecule has 0 spiro atoms. The number of ether oxygens (including phenoxy) is 1. The second-order valence-corrected chi connectivity index (χ2v) is 5.06. The molecule has 0 radical (unpaired) electrons. The van der Waals surface area contributed by atoms with Crippen LogP contribution in [0.4, 0.5) is 0 Å². The van der Waals surface area contributed by atoms with Gasteiger partial charge < -0.3 is 15.2 Å². The topological polar surface area (TPSA) is 93.4 Å². The minimum atomic E-state index is -0.975. The molecular formula is C13H21N3O4. The molecular weight excluding hydrogens is 262 g/mol. The van der Waals surface area contributed by atoms with Crippen molar-refractivity contribution in [3.63, 3.8) is 0 Å². The van der Waals surface area contributed by atoms with Gasteiger partial charge >= 0.3 is 5.97 Å². The van der Waals surface area contributed by atoms with E-state index < -0.39 is 11.5 Å². The summed E-state index contributed by atoms with van der Waals surface area (Å²) in [5, 5.41) is 15.6. The normalized spacial score (nSPS) is 13.8. The van der Waals surface area contributed by atoms with Crippen molar-refractivity contribution in [1.29, 1.82) is 0 Å². The quantitative estimate of drug-likeness (QED) is 0.718. The number of nitrogens with one attached hydrogen (secondary N) is 1. The third-order valence-corrected chi connectivity index (χ3v) is 2.98. The SMILES string of the molecule is COCC(C)(CC(=O)O)NC(=O)CCc1ccnn1C. The maximum atomic E-state index is 11.9. The number of carboxylic acid groups (broad SMARTS) is 1. The van der Waals surface area contributed by atoms with Crippen LogP contribution in [0.25, 0.3) is 0 Å². The number of nitrogens with zero attached hydrogens (tertiary/aromatic N) is 2. The number of hydrogen-bond donors (Lipinski definition) is 2. The van der Waals surface area contributed by atoms with Crippen LogP contribution in [0.3, 0.4) is 0 Å². The Labute approximate surface area is 117 Å². The van der Waals surface area contributed by atoms with Crippen molar-refractivity contribution in [2.45, 2.75) is 31.7 Å². The van der Waals surface area contributed by atoms with Crippen LogP contribution in [-0.2, 0) is 27.8 Å². The van der Waals surface area contributed by atoms with Gasteiger partial charge in [0.05, 0.1) is 18.6 Å². The standard InChI is InChI=1S/C13H21N3O4/c1-13(9-20-3,8-12(18)19)15-11(17)5-4-10-6-7-14-16(10)2/h6-7H,4-5,8-9H2,1-3H3,(H,15,17)(H,18,19). The number of carbonyl (C=O) groups is 2. The number of aryl methyl sites for hydroxylation is 2. The van der Waals surface area contributed by atoms with E-state index in [1.807, 2.05) is 13.1 Å². The van der Waals surface area contributed by atoms with Crippen molar-refractivity contribution in [2.75, 3.05) is 13.7 Å². The Hall–Kier alpha value is -1.89. The van der Waals surface area contributed by atoms with E-state index >= 15 is 0 Å². The van der Waals surface area contributed by atoms with Crippen molar-refractivity contribution in [2.24, 2.45) is 7.05 Å². The van der Waals surface area contributed by atoms with Crippen LogP contribution in [0.5, 0.6) is 0 Å². The minimum absolute atomic E-state index is 0.150. The van der Waals surface area contributed by atoms with Crippen molar-refractivity contribution in [3.8, 4) is 0 Å². The first-order valence-electron chi connectivity index (χ1n) is 6.35. The average molecular weight is 283 g/mol. The van der Waals surface area contributed by atoms with Gasteiger partial charge in [-0.3, -0.25) is 14.3 Å². The molecule has 0 saturated heterocycles. The molecule has 1 aromatic heterocycles. The number of amides is 1. The summed E-state index contributed by atoms with van der Waals surface area (Å²) in [5.74, 6) is -1.18. The molecule has 7 heteroatoms. The smallest absolute Gasteiger partial charge is 0.305 e. The van der Waals surface area contributed by atoms with Crippen LogP contribution < -0.4 is 5.32 Å². The molecule has 2 N–H and O–H groups in total. The van der Waals surface area contributed by atoms with Crippen LogP contribution in [0.2, 0.25) is 0 Å². The van der Waals surface area contributed by atoms with E-state index in [1.165, 1.54) is 7.11 Å². The van der Waals surface area contributed by atoms with Crippen LogP contribution in [0.15, 0.2) is 12.3 Å². The lowest BCUT2D eigenvalue weighted by atomic mass is 9.98. The van der Waals surface area contributed by atoms with Gasteiger partial charge in [0.15, 0.2) is 0 Å². The van der Waals surface area contributed by atoms with Crippen LogP contribution in [-0.4, -0.2) is 46.0 Å². The molecule has 0 fully saturated rings. The van der Waals surface area contributed by atoms with Gasteiger partial charge in [0, 0.05) is 32.5 Å². The summed E-state index contributed by atoms with van der Waals surface area (Å²) >= 11 is 0. The number of aliphatic carboxylic acids is 1. The lowest BCUT2D eigenvalue weighted by Crippen LogP contribution is -2.50. The number of methoxy groups -OCH3 is 1. The van der Waals surface area contributed by atoms with E-state index in [0.717, 1.165) is 5.69 Å². The Balaban J connectivity index is 2.53. The summed E-state index contributed by atoms with van der Waals surface area (Å²) in [5.41, 5.74) is 0.0521.